The zero-order chi connectivity index (χ0) is 12.3. The van der Waals surface area contributed by atoms with Crippen molar-refractivity contribution in [3.05, 3.63) is 45.2 Å². The van der Waals surface area contributed by atoms with Crippen molar-refractivity contribution in [2.75, 3.05) is 0 Å². The van der Waals surface area contributed by atoms with Crippen LogP contribution < -0.4 is 4.74 Å². The Labute approximate surface area is 106 Å². The molecule has 0 spiro atoms. The molecule has 0 atom stereocenters. The number of aromatic carboxylic acids is 1. The first-order chi connectivity index (χ1) is 8.18. The molecular weight excluding hydrogens is 262 g/mol. The van der Waals surface area contributed by atoms with E-state index in [1.807, 2.05) is 17.5 Å². The predicted octanol–water partition coefficient (Wildman–Crippen LogP) is 3.07. The van der Waals surface area contributed by atoms with E-state index in [2.05, 4.69) is 4.98 Å². The van der Waals surface area contributed by atoms with E-state index in [0.717, 1.165) is 4.88 Å². The van der Waals surface area contributed by atoms with Gasteiger partial charge in [0.15, 0.2) is 0 Å². The number of rotatable bonds is 4. The minimum atomic E-state index is -1.10. The average molecular weight is 270 g/mol. The summed E-state index contributed by atoms with van der Waals surface area (Å²) in [5.41, 5.74) is -0.0113. The number of carbonyl (C=O) groups is 1. The fourth-order valence-electron chi connectivity index (χ4n) is 1.22. The molecule has 0 aliphatic carbocycles. The Bertz CT molecular complexity index is 528. The molecule has 2 aromatic heterocycles. The predicted molar refractivity (Wildman–Crippen MR) is 64.9 cm³/mol. The van der Waals surface area contributed by atoms with Gasteiger partial charge in [-0.1, -0.05) is 17.7 Å². The highest BCUT2D eigenvalue weighted by atomic mass is 35.5. The van der Waals surface area contributed by atoms with Gasteiger partial charge in [-0.15, -0.1) is 11.3 Å². The molecule has 0 aromatic carbocycles. The molecule has 0 bridgehead atoms. The number of hydrogen-bond acceptors (Lipinski definition) is 4. The molecule has 88 valence electrons. The molecule has 2 rings (SSSR count). The Balaban J connectivity index is 2.16. The van der Waals surface area contributed by atoms with Crippen molar-refractivity contribution in [3.63, 3.8) is 0 Å². The maximum Gasteiger partial charge on any atom is 0.337 e. The molecule has 0 fully saturated rings. The van der Waals surface area contributed by atoms with Gasteiger partial charge in [0.25, 0.3) is 0 Å². The van der Waals surface area contributed by atoms with Gasteiger partial charge >= 0.3 is 5.97 Å². The summed E-state index contributed by atoms with van der Waals surface area (Å²) in [7, 11) is 0. The number of thiophene rings is 1. The summed E-state index contributed by atoms with van der Waals surface area (Å²) in [6.45, 7) is 0.327. The molecule has 4 nitrogen and oxygen atoms in total. The zero-order valence-corrected chi connectivity index (χ0v) is 10.2. The van der Waals surface area contributed by atoms with Crippen LogP contribution >= 0.6 is 22.9 Å². The van der Waals surface area contributed by atoms with Crippen LogP contribution in [0.1, 0.15) is 15.2 Å². The van der Waals surface area contributed by atoms with Gasteiger partial charge < -0.3 is 9.84 Å². The fraction of sp³-hybridized carbons (Fsp3) is 0.0909. The number of carboxylic acids is 1. The van der Waals surface area contributed by atoms with Crippen LogP contribution in [0.5, 0.6) is 5.88 Å². The lowest BCUT2D eigenvalue weighted by atomic mass is 10.3. The SMILES string of the molecule is O=C(O)c1ccnc(OCc2cccs2)c1Cl. The number of ether oxygens (including phenoxy) is 1. The van der Waals surface area contributed by atoms with Crippen molar-refractivity contribution in [2.24, 2.45) is 0 Å². The molecular formula is C11H8ClNO3S. The van der Waals surface area contributed by atoms with E-state index < -0.39 is 5.97 Å². The molecule has 6 heteroatoms. The van der Waals surface area contributed by atoms with Crippen LogP contribution in [0.3, 0.4) is 0 Å². The molecule has 0 radical (unpaired) electrons. The van der Waals surface area contributed by atoms with E-state index >= 15 is 0 Å². The molecule has 0 aliphatic heterocycles. The van der Waals surface area contributed by atoms with Gasteiger partial charge in [-0.3, -0.25) is 0 Å². The van der Waals surface area contributed by atoms with Gasteiger partial charge in [0.1, 0.15) is 11.6 Å². The van der Waals surface area contributed by atoms with Crippen LogP contribution in [0.25, 0.3) is 0 Å². The Hall–Kier alpha value is -1.59. The molecule has 0 saturated heterocycles. The van der Waals surface area contributed by atoms with Crippen LogP contribution in [-0.2, 0) is 6.61 Å². The third kappa shape index (κ3) is 2.75. The molecule has 2 heterocycles. The van der Waals surface area contributed by atoms with Gasteiger partial charge in [0, 0.05) is 11.1 Å². The largest absolute Gasteiger partial charge is 0.478 e. The first-order valence-electron chi connectivity index (χ1n) is 4.71. The molecule has 17 heavy (non-hydrogen) atoms. The molecule has 0 unspecified atom stereocenters. The average Bonchev–Trinajstić information content (AvgIpc) is 2.80. The second kappa shape index (κ2) is 5.16. The highest BCUT2D eigenvalue weighted by Crippen LogP contribution is 2.26. The number of halogens is 1. The smallest absolute Gasteiger partial charge is 0.337 e. The number of carboxylic acid groups (broad SMARTS) is 1. The van der Waals surface area contributed by atoms with Crippen LogP contribution in [0.2, 0.25) is 5.02 Å². The lowest BCUT2D eigenvalue weighted by Crippen LogP contribution is -2.02. The highest BCUT2D eigenvalue weighted by Gasteiger charge is 2.14. The van der Waals surface area contributed by atoms with E-state index in [1.165, 1.54) is 12.3 Å². The molecule has 0 aliphatic rings. The number of hydrogen-bond donors (Lipinski definition) is 1. The van der Waals surface area contributed by atoms with Crippen LogP contribution in [0.4, 0.5) is 0 Å². The van der Waals surface area contributed by atoms with Crippen molar-refractivity contribution >= 4 is 28.9 Å². The van der Waals surface area contributed by atoms with E-state index in [0.29, 0.717) is 6.61 Å². The summed E-state index contributed by atoms with van der Waals surface area (Å²) in [6.07, 6.45) is 1.36. The topological polar surface area (TPSA) is 59.4 Å². The number of pyridine rings is 1. The maximum absolute atomic E-state index is 10.8. The van der Waals surface area contributed by atoms with Crippen LogP contribution in [0.15, 0.2) is 29.8 Å². The minimum Gasteiger partial charge on any atom is -0.478 e. The lowest BCUT2D eigenvalue weighted by molar-refractivity contribution is 0.0696. The van der Waals surface area contributed by atoms with Gasteiger partial charge in [0.2, 0.25) is 5.88 Å². The van der Waals surface area contributed by atoms with E-state index in [4.69, 9.17) is 21.4 Å². The number of aromatic nitrogens is 1. The van der Waals surface area contributed by atoms with Crippen molar-refractivity contribution < 1.29 is 14.6 Å². The first kappa shape index (κ1) is 11.9. The zero-order valence-electron chi connectivity index (χ0n) is 8.59. The minimum absolute atomic E-state index is 0.0113. The molecule has 2 aromatic rings. The van der Waals surface area contributed by atoms with Gasteiger partial charge in [-0.25, -0.2) is 9.78 Å². The Morgan fingerprint density at radius 2 is 2.35 bits per heavy atom. The van der Waals surface area contributed by atoms with Crippen LogP contribution in [0, 0.1) is 0 Å². The quantitative estimate of drug-likeness (QED) is 0.927. The summed E-state index contributed by atoms with van der Waals surface area (Å²) in [5, 5.41) is 10.8. The summed E-state index contributed by atoms with van der Waals surface area (Å²) in [6, 6.07) is 5.16. The first-order valence-corrected chi connectivity index (χ1v) is 5.97. The summed E-state index contributed by atoms with van der Waals surface area (Å²) >= 11 is 7.43. The second-order valence-electron chi connectivity index (χ2n) is 3.15. The summed E-state index contributed by atoms with van der Waals surface area (Å²) < 4.78 is 5.38. The standard InChI is InChI=1S/C11H8ClNO3S/c12-9-8(11(14)15)3-4-13-10(9)16-6-7-2-1-5-17-7/h1-5H,6H2,(H,14,15). The van der Waals surface area contributed by atoms with Crippen molar-refractivity contribution in [1.29, 1.82) is 0 Å². The van der Waals surface area contributed by atoms with E-state index in [9.17, 15) is 4.79 Å². The third-order valence-corrected chi connectivity index (χ3v) is 3.23. The molecule has 0 amide bonds. The Morgan fingerprint density at radius 1 is 1.53 bits per heavy atom. The van der Waals surface area contributed by atoms with Gasteiger partial charge in [0.05, 0.1) is 5.56 Å². The van der Waals surface area contributed by atoms with Crippen molar-refractivity contribution in [1.82, 2.24) is 4.98 Å². The fourth-order valence-corrected chi connectivity index (χ4v) is 2.09. The normalized spacial score (nSPS) is 10.2. The maximum atomic E-state index is 10.8. The Morgan fingerprint density at radius 3 is 3.00 bits per heavy atom. The summed E-state index contributed by atoms with van der Waals surface area (Å²) in [5.74, 6) is -0.960. The van der Waals surface area contributed by atoms with E-state index in [1.54, 1.807) is 11.3 Å². The number of nitrogens with zero attached hydrogens (tertiary/aromatic N) is 1. The van der Waals surface area contributed by atoms with Crippen molar-refractivity contribution in [2.45, 2.75) is 6.61 Å². The molecule has 1 N–H and O–H groups in total. The lowest BCUT2D eigenvalue weighted by Gasteiger charge is -2.06. The van der Waals surface area contributed by atoms with Crippen molar-refractivity contribution in [3.8, 4) is 5.88 Å². The second-order valence-corrected chi connectivity index (χ2v) is 4.56. The third-order valence-electron chi connectivity index (χ3n) is 2.02. The highest BCUT2D eigenvalue weighted by molar-refractivity contribution is 7.09. The monoisotopic (exact) mass is 269 g/mol. The van der Waals surface area contributed by atoms with Gasteiger partial charge in [-0.05, 0) is 17.5 Å². The van der Waals surface area contributed by atoms with E-state index in [-0.39, 0.29) is 16.5 Å². The van der Waals surface area contributed by atoms with Gasteiger partial charge in [-0.2, -0.15) is 0 Å². The summed E-state index contributed by atoms with van der Waals surface area (Å²) in [4.78, 5) is 15.8. The van der Waals surface area contributed by atoms with Crippen LogP contribution in [-0.4, -0.2) is 16.1 Å². The Kier molecular flexibility index (Phi) is 3.61. The molecule has 0 saturated carbocycles.